The summed E-state index contributed by atoms with van der Waals surface area (Å²) in [4.78, 5) is 21.1. The average Bonchev–Trinajstić information content (AvgIpc) is 3.08. The van der Waals surface area contributed by atoms with Gasteiger partial charge in [-0.2, -0.15) is 0 Å². The van der Waals surface area contributed by atoms with Crippen molar-refractivity contribution < 1.29 is 9.53 Å². The predicted octanol–water partition coefficient (Wildman–Crippen LogP) is 1.81. The standard InChI is InChI=1S/C19H21N3O2/c23-19(16-7-4-8-20-11-16)22-13-17-18(14-22)24-10-9-21(17)12-15-5-2-1-3-6-15/h1-8,11,17-18H,9-10,12-14H2/t17-,18+/m1/s1. The van der Waals surface area contributed by atoms with Crippen molar-refractivity contribution in [2.75, 3.05) is 26.2 Å². The van der Waals surface area contributed by atoms with E-state index in [0.717, 1.165) is 19.7 Å². The summed E-state index contributed by atoms with van der Waals surface area (Å²) in [6.45, 7) is 3.91. The van der Waals surface area contributed by atoms with Crippen LogP contribution in [-0.4, -0.2) is 59.1 Å². The number of rotatable bonds is 3. The molecule has 124 valence electrons. The van der Waals surface area contributed by atoms with Crippen LogP contribution >= 0.6 is 0 Å². The van der Waals surface area contributed by atoms with E-state index in [1.54, 1.807) is 18.5 Å². The zero-order valence-electron chi connectivity index (χ0n) is 13.5. The second kappa shape index (κ2) is 6.71. The van der Waals surface area contributed by atoms with Crippen LogP contribution in [-0.2, 0) is 11.3 Å². The SMILES string of the molecule is O=C(c1cccnc1)N1C[C@@H]2OCCN(Cc3ccccc3)[C@@H]2C1. The van der Waals surface area contributed by atoms with Gasteiger partial charge in [-0.25, -0.2) is 0 Å². The molecule has 2 atom stereocenters. The van der Waals surface area contributed by atoms with Crippen LogP contribution in [0, 0.1) is 0 Å². The first-order valence-electron chi connectivity index (χ1n) is 8.40. The van der Waals surface area contributed by atoms with Gasteiger partial charge in [0.2, 0.25) is 0 Å². The third kappa shape index (κ3) is 3.05. The van der Waals surface area contributed by atoms with E-state index in [1.165, 1.54) is 5.56 Å². The molecular formula is C19H21N3O2. The van der Waals surface area contributed by atoms with Gasteiger partial charge >= 0.3 is 0 Å². The molecule has 2 aromatic rings. The molecule has 24 heavy (non-hydrogen) atoms. The maximum atomic E-state index is 12.7. The van der Waals surface area contributed by atoms with Gasteiger partial charge in [0.1, 0.15) is 0 Å². The molecule has 0 aliphatic carbocycles. The van der Waals surface area contributed by atoms with Crippen LogP contribution < -0.4 is 0 Å². The van der Waals surface area contributed by atoms with E-state index >= 15 is 0 Å². The van der Waals surface area contributed by atoms with Crippen molar-refractivity contribution in [2.24, 2.45) is 0 Å². The molecule has 2 fully saturated rings. The van der Waals surface area contributed by atoms with E-state index in [4.69, 9.17) is 4.74 Å². The van der Waals surface area contributed by atoms with Gasteiger partial charge in [0.25, 0.3) is 5.91 Å². The van der Waals surface area contributed by atoms with Crippen LogP contribution in [0.15, 0.2) is 54.9 Å². The van der Waals surface area contributed by atoms with Gasteiger partial charge in [0.15, 0.2) is 0 Å². The molecule has 5 heteroatoms. The number of amides is 1. The smallest absolute Gasteiger partial charge is 0.255 e. The summed E-state index contributed by atoms with van der Waals surface area (Å²) in [5.74, 6) is 0.0424. The number of morpholine rings is 1. The summed E-state index contributed by atoms with van der Waals surface area (Å²) in [5.41, 5.74) is 1.95. The number of hydrogen-bond acceptors (Lipinski definition) is 4. The Balaban J connectivity index is 1.47. The van der Waals surface area contributed by atoms with Gasteiger partial charge in [-0.05, 0) is 17.7 Å². The second-order valence-corrected chi connectivity index (χ2v) is 6.38. The summed E-state index contributed by atoms with van der Waals surface area (Å²) >= 11 is 0. The summed E-state index contributed by atoms with van der Waals surface area (Å²) < 4.78 is 5.93. The fourth-order valence-electron chi connectivity index (χ4n) is 3.61. The van der Waals surface area contributed by atoms with Crippen molar-refractivity contribution >= 4 is 5.91 Å². The van der Waals surface area contributed by atoms with Gasteiger partial charge in [-0.15, -0.1) is 0 Å². The fourth-order valence-corrected chi connectivity index (χ4v) is 3.61. The molecule has 0 N–H and O–H groups in total. The van der Waals surface area contributed by atoms with Crippen LogP contribution in [0.3, 0.4) is 0 Å². The third-order valence-corrected chi connectivity index (χ3v) is 4.84. The van der Waals surface area contributed by atoms with Crippen LogP contribution in [0.25, 0.3) is 0 Å². The Morgan fingerprint density at radius 3 is 2.83 bits per heavy atom. The highest BCUT2D eigenvalue weighted by Crippen LogP contribution is 2.25. The molecule has 1 amide bonds. The van der Waals surface area contributed by atoms with Crippen molar-refractivity contribution in [2.45, 2.75) is 18.7 Å². The molecule has 2 aliphatic heterocycles. The van der Waals surface area contributed by atoms with Crippen molar-refractivity contribution in [1.82, 2.24) is 14.8 Å². The molecule has 5 nitrogen and oxygen atoms in total. The first kappa shape index (κ1) is 15.3. The Hall–Kier alpha value is -2.24. The Labute approximate surface area is 141 Å². The lowest BCUT2D eigenvalue weighted by Crippen LogP contribution is -2.50. The van der Waals surface area contributed by atoms with Gasteiger partial charge in [0.05, 0.1) is 24.3 Å². The minimum absolute atomic E-state index is 0.0424. The van der Waals surface area contributed by atoms with Crippen molar-refractivity contribution in [1.29, 1.82) is 0 Å². The molecule has 1 aromatic heterocycles. The molecule has 0 spiro atoms. The Morgan fingerprint density at radius 1 is 1.17 bits per heavy atom. The largest absolute Gasteiger partial charge is 0.373 e. The molecule has 1 aromatic carbocycles. The summed E-state index contributed by atoms with van der Waals surface area (Å²) in [6.07, 6.45) is 3.42. The monoisotopic (exact) mass is 323 g/mol. The van der Waals surface area contributed by atoms with E-state index in [1.807, 2.05) is 17.0 Å². The average molecular weight is 323 g/mol. The quantitative estimate of drug-likeness (QED) is 0.864. The summed E-state index contributed by atoms with van der Waals surface area (Å²) in [7, 11) is 0. The molecule has 2 saturated heterocycles. The van der Waals surface area contributed by atoms with Crippen molar-refractivity contribution in [3.63, 3.8) is 0 Å². The molecule has 0 radical (unpaired) electrons. The molecule has 0 unspecified atom stereocenters. The van der Waals surface area contributed by atoms with E-state index < -0.39 is 0 Å². The number of pyridine rings is 1. The minimum atomic E-state index is 0.0424. The van der Waals surface area contributed by atoms with E-state index in [0.29, 0.717) is 18.7 Å². The molecule has 4 rings (SSSR count). The number of likely N-dealkylation sites (tertiary alicyclic amines) is 1. The second-order valence-electron chi connectivity index (χ2n) is 6.38. The van der Waals surface area contributed by atoms with E-state index in [9.17, 15) is 4.79 Å². The third-order valence-electron chi connectivity index (χ3n) is 4.84. The highest BCUT2D eigenvalue weighted by Gasteiger charge is 2.41. The lowest BCUT2D eigenvalue weighted by Gasteiger charge is -2.36. The number of ether oxygens (including phenoxy) is 1. The number of carbonyl (C=O) groups excluding carboxylic acids is 1. The highest BCUT2D eigenvalue weighted by atomic mass is 16.5. The first-order chi connectivity index (χ1) is 11.8. The number of aromatic nitrogens is 1. The molecule has 0 bridgehead atoms. The summed E-state index contributed by atoms with van der Waals surface area (Å²) in [5, 5.41) is 0. The van der Waals surface area contributed by atoms with Crippen LogP contribution in [0.4, 0.5) is 0 Å². The Bertz CT molecular complexity index is 692. The van der Waals surface area contributed by atoms with Gasteiger partial charge in [0, 0.05) is 38.6 Å². The maximum absolute atomic E-state index is 12.7. The summed E-state index contributed by atoms with van der Waals surface area (Å²) in [6, 6.07) is 14.4. The van der Waals surface area contributed by atoms with Crippen LogP contribution in [0.1, 0.15) is 15.9 Å². The molecular weight excluding hydrogens is 302 g/mol. The van der Waals surface area contributed by atoms with Gasteiger partial charge in [-0.3, -0.25) is 14.7 Å². The molecule has 2 aliphatic rings. The van der Waals surface area contributed by atoms with Crippen molar-refractivity contribution in [3.8, 4) is 0 Å². The number of nitrogens with zero attached hydrogens (tertiary/aromatic N) is 3. The van der Waals surface area contributed by atoms with E-state index in [-0.39, 0.29) is 18.1 Å². The Kier molecular flexibility index (Phi) is 4.28. The lowest BCUT2D eigenvalue weighted by atomic mass is 10.1. The van der Waals surface area contributed by atoms with Gasteiger partial charge < -0.3 is 9.64 Å². The number of fused-ring (bicyclic) bond motifs is 1. The topological polar surface area (TPSA) is 45.7 Å². The minimum Gasteiger partial charge on any atom is -0.373 e. The number of hydrogen-bond donors (Lipinski definition) is 0. The highest BCUT2D eigenvalue weighted by molar-refractivity contribution is 5.94. The normalized spacial score (nSPS) is 23.9. The lowest BCUT2D eigenvalue weighted by molar-refractivity contribution is -0.0503. The predicted molar refractivity (Wildman–Crippen MR) is 90.5 cm³/mol. The van der Waals surface area contributed by atoms with Gasteiger partial charge in [-0.1, -0.05) is 30.3 Å². The first-order valence-corrected chi connectivity index (χ1v) is 8.40. The fraction of sp³-hybridized carbons (Fsp3) is 0.368. The Morgan fingerprint density at radius 2 is 2.04 bits per heavy atom. The zero-order valence-corrected chi connectivity index (χ0v) is 13.5. The van der Waals surface area contributed by atoms with Crippen LogP contribution in [0.2, 0.25) is 0 Å². The van der Waals surface area contributed by atoms with Crippen LogP contribution in [0.5, 0.6) is 0 Å². The number of benzene rings is 1. The molecule has 3 heterocycles. The number of carbonyl (C=O) groups is 1. The zero-order chi connectivity index (χ0) is 16.4. The maximum Gasteiger partial charge on any atom is 0.255 e. The van der Waals surface area contributed by atoms with E-state index in [2.05, 4.69) is 34.1 Å². The van der Waals surface area contributed by atoms with Crippen molar-refractivity contribution in [3.05, 3.63) is 66.0 Å². The molecule has 0 saturated carbocycles.